The van der Waals surface area contributed by atoms with Gasteiger partial charge in [0, 0.05) is 27.5 Å². The van der Waals surface area contributed by atoms with E-state index in [9.17, 15) is 0 Å². The predicted octanol–water partition coefficient (Wildman–Crippen LogP) is 14.0. The number of fused-ring (bicyclic) bond motifs is 9. The molecule has 264 valence electrons. The van der Waals surface area contributed by atoms with Crippen LogP contribution < -0.4 is 0 Å². The zero-order chi connectivity index (χ0) is 37.6. The first-order valence-electron chi connectivity index (χ1n) is 18.8. The summed E-state index contributed by atoms with van der Waals surface area (Å²) in [7, 11) is 0. The second kappa shape index (κ2) is 13.8. The van der Waals surface area contributed by atoms with Gasteiger partial charge in [-0.15, -0.1) is 0 Å². The third-order valence-electron chi connectivity index (χ3n) is 10.7. The van der Waals surface area contributed by atoms with Crippen LogP contribution in [0.25, 0.3) is 105 Å². The molecule has 0 bridgehead atoms. The van der Waals surface area contributed by atoms with E-state index in [1.165, 1.54) is 32.3 Å². The molecule has 0 aliphatic rings. The number of aromatic nitrogens is 3. The summed E-state index contributed by atoms with van der Waals surface area (Å²) in [5.74, 6) is 1.80. The molecular formula is C52H35N3O. The Bertz CT molecular complexity index is 3170. The van der Waals surface area contributed by atoms with Crippen LogP contribution >= 0.6 is 0 Å². The van der Waals surface area contributed by atoms with Crippen LogP contribution in [0.1, 0.15) is 12.5 Å². The van der Waals surface area contributed by atoms with Crippen LogP contribution in [0.15, 0.2) is 193 Å². The number of hydrogen-bond donors (Lipinski definition) is 0. The number of allylic oxidation sites excluding steroid dienone is 5. The fraction of sp³-hybridized carbons (Fsp3) is 0.0192. The Hall–Kier alpha value is -7.43. The Balaban J connectivity index is 1.08. The minimum Gasteiger partial charge on any atom is -0.456 e. The van der Waals surface area contributed by atoms with Gasteiger partial charge in [0.25, 0.3) is 0 Å². The minimum absolute atomic E-state index is 0.596. The van der Waals surface area contributed by atoms with Crippen molar-refractivity contribution in [2.45, 2.75) is 6.92 Å². The van der Waals surface area contributed by atoms with E-state index in [-0.39, 0.29) is 0 Å². The van der Waals surface area contributed by atoms with Gasteiger partial charge in [-0.05, 0) is 91.8 Å². The van der Waals surface area contributed by atoms with E-state index < -0.39 is 0 Å². The number of benzene rings is 8. The van der Waals surface area contributed by atoms with Crippen LogP contribution in [0.2, 0.25) is 0 Å². The summed E-state index contributed by atoms with van der Waals surface area (Å²) in [5, 5.41) is 9.67. The van der Waals surface area contributed by atoms with E-state index in [4.69, 9.17) is 19.4 Å². The summed E-state index contributed by atoms with van der Waals surface area (Å²) in [5.41, 5.74) is 8.77. The summed E-state index contributed by atoms with van der Waals surface area (Å²) in [6, 6.07) is 55.3. The summed E-state index contributed by atoms with van der Waals surface area (Å²) in [4.78, 5) is 15.2. The summed E-state index contributed by atoms with van der Waals surface area (Å²) in [6.45, 7) is 6.02. The zero-order valence-corrected chi connectivity index (χ0v) is 30.8. The van der Waals surface area contributed by atoms with Crippen LogP contribution in [0, 0.1) is 0 Å². The van der Waals surface area contributed by atoms with Gasteiger partial charge in [-0.3, -0.25) is 0 Å². The van der Waals surface area contributed by atoms with Crippen molar-refractivity contribution in [3.8, 4) is 45.3 Å². The number of rotatable bonds is 7. The van der Waals surface area contributed by atoms with E-state index in [0.29, 0.717) is 17.5 Å². The van der Waals surface area contributed by atoms with Gasteiger partial charge in [-0.1, -0.05) is 158 Å². The van der Waals surface area contributed by atoms with Crippen LogP contribution in [0.5, 0.6) is 0 Å². The molecule has 2 aromatic heterocycles. The molecule has 0 atom stereocenters. The van der Waals surface area contributed by atoms with Crippen molar-refractivity contribution in [1.82, 2.24) is 15.0 Å². The molecule has 0 N–H and O–H groups in total. The Kier molecular flexibility index (Phi) is 8.15. The van der Waals surface area contributed by atoms with Crippen molar-refractivity contribution in [3.63, 3.8) is 0 Å². The molecule has 0 fully saturated rings. The fourth-order valence-corrected chi connectivity index (χ4v) is 7.82. The number of furan rings is 1. The van der Waals surface area contributed by atoms with Crippen molar-refractivity contribution >= 4 is 59.8 Å². The molecule has 0 amide bonds. The molecule has 2 heterocycles. The highest BCUT2D eigenvalue weighted by Crippen LogP contribution is 2.38. The van der Waals surface area contributed by atoms with E-state index in [1.54, 1.807) is 0 Å². The lowest BCUT2D eigenvalue weighted by Gasteiger charge is -2.12. The Morgan fingerprint density at radius 2 is 0.911 bits per heavy atom. The number of nitrogens with zero attached hydrogens (tertiary/aromatic N) is 3. The normalized spacial score (nSPS) is 12.1. The Morgan fingerprint density at radius 1 is 0.446 bits per heavy atom. The summed E-state index contributed by atoms with van der Waals surface area (Å²) >= 11 is 0. The van der Waals surface area contributed by atoms with Crippen molar-refractivity contribution in [2.24, 2.45) is 0 Å². The van der Waals surface area contributed by atoms with Crippen LogP contribution in [0.3, 0.4) is 0 Å². The number of hydrogen-bond acceptors (Lipinski definition) is 4. The van der Waals surface area contributed by atoms with Gasteiger partial charge in [0.05, 0.1) is 0 Å². The van der Waals surface area contributed by atoms with Crippen molar-refractivity contribution in [2.75, 3.05) is 0 Å². The maximum Gasteiger partial charge on any atom is 0.164 e. The molecule has 0 aliphatic carbocycles. The molecule has 4 heteroatoms. The minimum atomic E-state index is 0.596. The van der Waals surface area contributed by atoms with Crippen molar-refractivity contribution in [3.05, 3.63) is 194 Å². The van der Waals surface area contributed by atoms with E-state index in [1.807, 2.05) is 55.5 Å². The number of para-hydroxylation sites is 1. The maximum absolute atomic E-state index is 6.14. The molecule has 0 unspecified atom stereocenters. The second-order valence-corrected chi connectivity index (χ2v) is 14.0. The Labute approximate surface area is 324 Å². The first kappa shape index (κ1) is 33.2. The summed E-state index contributed by atoms with van der Waals surface area (Å²) in [6.07, 6.45) is 7.95. The zero-order valence-electron chi connectivity index (χ0n) is 30.8. The SMILES string of the molecule is C=C/C(=C\C=C/C)c1ccc(-c2nc(-c3ccc(-c4ccc5c6ccccc6c6ccccc6c5c4)cc3)nc(-c3ccc4oc5ccccc5c4c3)n2)cc1. The molecule has 56 heavy (non-hydrogen) atoms. The molecule has 10 aromatic rings. The third kappa shape index (κ3) is 5.76. The average Bonchev–Trinajstić information content (AvgIpc) is 3.65. The quantitative estimate of drug-likeness (QED) is 0.122. The highest BCUT2D eigenvalue weighted by Gasteiger charge is 2.16. The van der Waals surface area contributed by atoms with Gasteiger partial charge in [0.2, 0.25) is 0 Å². The maximum atomic E-state index is 6.14. The highest BCUT2D eigenvalue weighted by molar-refractivity contribution is 6.25. The van der Waals surface area contributed by atoms with Gasteiger partial charge in [-0.25, -0.2) is 15.0 Å². The molecule has 10 rings (SSSR count). The van der Waals surface area contributed by atoms with Gasteiger partial charge in [0.15, 0.2) is 17.5 Å². The molecule has 0 radical (unpaired) electrons. The van der Waals surface area contributed by atoms with Gasteiger partial charge < -0.3 is 4.42 Å². The second-order valence-electron chi connectivity index (χ2n) is 14.0. The summed E-state index contributed by atoms with van der Waals surface area (Å²) < 4.78 is 6.14. The van der Waals surface area contributed by atoms with Gasteiger partial charge >= 0.3 is 0 Å². The lowest BCUT2D eigenvalue weighted by Crippen LogP contribution is -2.00. The lowest BCUT2D eigenvalue weighted by molar-refractivity contribution is 0.669. The average molecular weight is 718 g/mol. The van der Waals surface area contributed by atoms with Crippen molar-refractivity contribution in [1.29, 1.82) is 0 Å². The van der Waals surface area contributed by atoms with Gasteiger partial charge in [0.1, 0.15) is 11.2 Å². The highest BCUT2D eigenvalue weighted by atomic mass is 16.3. The van der Waals surface area contributed by atoms with E-state index >= 15 is 0 Å². The van der Waals surface area contributed by atoms with Crippen LogP contribution in [-0.4, -0.2) is 15.0 Å². The van der Waals surface area contributed by atoms with E-state index in [2.05, 4.69) is 140 Å². The molecule has 0 spiro atoms. The fourth-order valence-electron chi connectivity index (χ4n) is 7.82. The lowest BCUT2D eigenvalue weighted by atomic mass is 9.92. The molecule has 0 saturated carbocycles. The Morgan fingerprint density at radius 3 is 1.54 bits per heavy atom. The van der Waals surface area contributed by atoms with Crippen LogP contribution in [0.4, 0.5) is 0 Å². The molecule has 8 aromatic carbocycles. The standard InChI is InChI=1S/C52H35N3O/c1-3-5-12-33(4-2)34-19-23-36(24-20-34)50-53-51(55-52(54-50)39-28-30-49-47(32-39)45-17-10-11-18-48(45)56-49)37-25-21-35(22-26-37)38-27-29-44-42-15-7-6-13-40(42)41-14-8-9-16-43(41)46(44)31-38/h3-32H,2H2,1H3/b5-3-,33-12+. The topological polar surface area (TPSA) is 51.8 Å². The first-order chi connectivity index (χ1) is 27.6. The van der Waals surface area contributed by atoms with Gasteiger partial charge in [-0.2, -0.15) is 0 Å². The molecule has 4 nitrogen and oxygen atoms in total. The first-order valence-corrected chi connectivity index (χ1v) is 18.8. The van der Waals surface area contributed by atoms with E-state index in [0.717, 1.165) is 60.9 Å². The van der Waals surface area contributed by atoms with Crippen LogP contribution in [-0.2, 0) is 0 Å². The largest absolute Gasteiger partial charge is 0.456 e. The van der Waals surface area contributed by atoms with Crippen molar-refractivity contribution < 1.29 is 4.42 Å². The molecule has 0 saturated heterocycles. The molecular weight excluding hydrogens is 683 g/mol. The smallest absolute Gasteiger partial charge is 0.164 e. The predicted molar refractivity (Wildman–Crippen MR) is 234 cm³/mol. The molecule has 0 aliphatic heterocycles. The monoisotopic (exact) mass is 717 g/mol. The third-order valence-corrected chi connectivity index (χ3v) is 10.7.